The predicted octanol–water partition coefficient (Wildman–Crippen LogP) is 4.61. The molecule has 1 amide bonds. The lowest BCUT2D eigenvalue weighted by Gasteiger charge is -2.23. The molecule has 1 fully saturated rings. The smallest absolute Gasteiger partial charge is 0.264 e. The Labute approximate surface area is 150 Å². The summed E-state index contributed by atoms with van der Waals surface area (Å²) in [5.41, 5.74) is 1.95. The molecule has 0 N–H and O–H groups in total. The van der Waals surface area contributed by atoms with Crippen LogP contribution in [0.2, 0.25) is 0 Å². The van der Waals surface area contributed by atoms with Crippen molar-refractivity contribution in [1.82, 2.24) is 14.9 Å². The molecule has 0 bridgehead atoms. The molecule has 3 heterocycles. The fourth-order valence-electron chi connectivity index (χ4n) is 3.14. The van der Waals surface area contributed by atoms with Crippen molar-refractivity contribution in [3.8, 4) is 0 Å². The summed E-state index contributed by atoms with van der Waals surface area (Å²) in [5.74, 6) is 2.22. The third-order valence-corrected chi connectivity index (χ3v) is 6.16. The lowest BCUT2D eigenvalue weighted by molar-refractivity contribution is 0.0730. The first kappa shape index (κ1) is 16.3. The Morgan fingerprint density at radius 1 is 1.36 bits per heavy atom. The second-order valence-electron chi connectivity index (χ2n) is 6.79. The van der Waals surface area contributed by atoms with E-state index in [-0.39, 0.29) is 11.9 Å². The summed E-state index contributed by atoms with van der Waals surface area (Å²) in [7, 11) is 1.81. The molecule has 1 aliphatic rings. The number of carbonyl (C=O) groups is 1. The minimum Gasteiger partial charge on any atom is -0.467 e. The van der Waals surface area contributed by atoms with Gasteiger partial charge in [-0.15, -0.1) is 11.3 Å². The van der Waals surface area contributed by atoms with Crippen molar-refractivity contribution in [2.45, 2.75) is 45.6 Å². The molecule has 3 aromatic heterocycles. The van der Waals surface area contributed by atoms with Gasteiger partial charge < -0.3 is 9.32 Å². The van der Waals surface area contributed by atoms with E-state index in [1.807, 2.05) is 40.0 Å². The second-order valence-corrected chi connectivity index (χ2v) is 7.78. The summed E-state index contributed by atoms with van der Waals surface area (Å²) in [6, 6.07) is 3.61. The first-order chi connectivity index (χ1) is 12.0. The number of thiophene rings is 1. The number of hydrogen-bond donors (Lipinski definition) is 0. The molecule has 25 heavy (non-hydrogen) atoms. The van der Waals surface area contributed by atoms with Crippen molar-refractivity contribution < 1.29 is 9.21 Å². The number of furan rings is 1. The van der Waals surface area contributed by atoms with E-state index < -0.39 is 0 Å². The fourth-order valence-corrected chi connectivity index (χ4v) is 4.37. The van der Waals surface area contributed by atoms with E-state index in [0.29, 0.717) is 5.92 Å². The number of fused-ring (bicyclic) bond motifs is 1. The van der Waals surface area contributed by atoms with Crippen LogP contribution in [0.25, 0.3) is 10.2 Å². The number of aromatic nitrogens is 2. The van der Waals surface area contributed by atoms with Gasteiger partial charge in [-0.3, -0.25) is 4.79 Å². The zero-order valence-corrected chi connectivity index (χ0v) is 15.7. The van der Waals surface area contributed by atoms with Crippen molar-refractivity contribution in [2.75, 3.05) is 7.05 Å². The molecule has 0 aromatic carbocycles. The molecule has 0 aliphatic heterocycles. The molecular formula is C19H21N3O2S. The van der Waals surface area contributed by atoms with Gasteiger partial charge in [0.1, 0.15) is 16.4 Å². The monoisotopic (exact) mass is 355 g/mol. The summed E-state index contributed by atoms with van der Waals surface area (Å²) >= 11 is 1.48. The predicted molar refractivity (Wildman–Crippen MR) is 98.1 cm³/mol. The Hall–Kier alpha value is -2.21. The Morgan fingerprint density at radius 3 is 2.76 bits per heavy atom. The SMILES string of the molecule is Cc1nc(C2CC2)nc2sc(C(=O)N(C)C(C)c3ccco3)c(C)c12. The van der Waals surface area contributed by atoms with Gasteiger partial charge in [0.15, 0.2) is 0 Å². The van der Waals surface area contributed by atoms with Crippen molar-refractivity contribution in [3.05, 3.63) is 46.1 Å². The maximum Gasteiger partial charge on any atom is 0.264 e. The number of aryl methyl sites for hydroxylation is 2. The Balaban J connectivity index is 1.72. The summed E-state index contributed by atoms with van der Waals surface area (Å²) in [5, 5.41) is 1.02. The van der Waals surface area contributed by atoms with Crippen LogP contribution in [0.5, 0.6) is 0 Å². The van der Waals surface area contributed by atoms with Crippen LogP contribution in [-0.4, -0.2) is 27.8 Å². The van der Waals surface area contributed by atoms with E-state index in [9.17, 15) is 4.79 Å². The van der Waals surface area contributed by atoms with Gasteiger partial charge in [-0.1, -0.05) is 0 Å². The van der Waals surface area contributed by atoms with Crippen LogP contribution in [0.1, 0.15) is 64.2 Å². The Morgan fingerprint density at radius 2 is 2.12 bits per heavy atom. The summed E-state index contributed by atoms with van der Waals surface area (Å²) in [6.45, 7) is 5.97. The zero-order valence-electron chi connectivity index (χ0n) is 14.9. The standard InChI is InChI=1S/C19H21N3O2S/c1-10-15-11(2)20-17(13-7-8-13)21-18(15)25-16(10)19(23)22(4)12(3)14-6-5-9-24-14/h5-6,9,12-13H,7-8H2,1-4H3. The Kier molecular flexibility index (Phi) is 3.87. The minimum atomic E-state index is -0.124. The quantitative estimate of drug-likeness (QED) is 0.685. The van der Waals surface area contributed by atoms with Crippen LogP contribution in [0.3, 0.4) is 0 Å². The van der Waals surface area contributed by atoms with Gasteiger partial charge in [0.05, 0.1) is 22.9 Å². The fraction of sp³-hybridized carbons (Fsp3) is 0.421. The highest BCUT2D eigenvalue weighted by molar-refractivity contribution is 7.20. The van der Waals surface area contributed by atoms with E-state index >= 15 is 0 Å². The second kappa shape index (κ2) is 5.95. The number of carbonyl (C=O) groups excluding carboxylic acids is 1. The average molecular weight is 355 g/mol. The van der Waals surface area contributed by atoms with Crippen LogP contribution < -0.4 is 0 Å². The highest BCUT2D eigenvalue weighted by atomic mass is 32.1. The van der Waals surface area contributed by atoms with Crippen LogP contribution in [0.15, 0.2) is 22.8 Å². The maximum absolute atomic E-state index is 13.1. The molecule has 6 heteroatoms. The van der Waals surface area contributed by atoms with Gasteiger partial charge >= 0.3 is 0 Å². The van der Waals surface area contributed by atoms with Crippen LogP contribution in [-0.2, 0) is 0 Å². The number of hydrogen-bond acceptors (Lipinski definition) is 5. The van der Waals surface area contributed by atoms with E-state index in [4.69, 9.17) is 9.40 Å². The molecule has 130 valence electrons. The van der Waals surface area contributed by atoms with Crippen LogP contribution in [0.4, 0.5) is 0 Å². The largest absolute Gasteiger partial charge is 0.467 e. The van der Waals surface area contributed by atoms with Gasteiger partial charge in [-0.25, -0.2) is 9.97 Å². The molecule has 0 radical (unpaired) electrons. The lowest BCUT2D eigenvalue weighted by Crippen LogP contribution is -2.29. The van der Waals surface area contributed by atoms with Crippen LogP contribution >= 0.6 is 11.3 Å². The molecule has 1 unspecified atom stereocenters. The normalized spacial score (nSPS) is 15.5. The molecule has 5 nitrogen and oxygen atoms in total. The average Bonchev–Trinajstić information content (AvgIpc) is 3.19. The topological polar surface area (TPSA) is 59.2 Å². The molecule has 1 atom stereocenters. The summed E-state index contributed by atoms with van der Waals surface area (Å²) < 4.78 is 5.45. The van der Waals surface area contributed by atoms with E-state index in [0.717, 1.165) is 37.9 Å². The molecule has 1 aliphatic carbocycles. The molecule has 3 aromatic rings. The van der Waals surface area contributed by atoms with Gasteiger partial charge in [-0.05, 0) is 51.3 Å². The zero-order chi connectivity index (χ0) is 17.7. The van der Waals surface area contributed by atoms with E-state index in [2.05, 4.69) is 4.98 Å². The highest BCUT2D eigenvalue weighted by Crippen LogP contribution is 2.40. The first-order valence-corrected chi connectivity index (χ1v) is 9.37. The maximum atomic E-state index is 13.1. The molecular weight excluding hydrogens is 334 g/mol. The van der Waals surface area contributed by atoms with Crippen molar-refractivity contribution >= 4 is 27.5 Å². The van der Waals surface area contributed by atoms with E-state index in [1.54, 1.807) is 11.2 Å². The molecule has 0 spiro atoms. The number of nitrogens with zero attached hydrogens (tertiary/aromatic N) is 3. The van der Waals surface area contributed by atoms with Crippen molar-refractivity contribution in [3.63, 3.8) is 0 Å². The Bertz CT molecular complexity index is 941. The first-order valence-electron chi connectivity index (χ1n) is 8.55. The van der Waals surface area contributed by atoms with Gasteiger partial charge in [-0.2, -0.15) is 0 Å². The van der Waals surface area contributed by atoms with Crippen molar-refractivity contribution in [1.29, 1.82) is 0 Å². The van der Waals surface area contributed by atoms with Gasteiger partial charge in [0.25, 0.3) is 5.91 Å². The molecule has 4 rings (SSSR count). The summed E-state index contributed by atoms with van der Waals surface area (Å²) in [4.78, 5) is 25.9. The third kappa shape index (κ3) is 2.74. The van der Waals surface area contributed by atoms with Gasteiger partial charge in [0.2, 0.25) is 0 Å². The molecule has 0 saturated heterocycles. The number of rotatable bonds is 4. The summed E-state index contributed by atoms with van der Waals surface area (Å²) in [6.07, 6.45) is 3.97. The molecule has 1 saturated carbocycles. The number of amides is 1. The van der Waals surface area contributed by atoms with Crippen molar-refractivity contribution in [2.24, 2.45) is 0 Å². The minimum absolute atomic E-state index is 0.00299. The highest BCUT2D eigenvalue weighted by Gasteiger charge is 2.29. The lowest BCUT2D eigenvalue weighted by atomic mass is 10.1. The third-order valence-electron chi connectivity index (χ3n) is 4.98. The van der Waals surface area contributed by atoms with Crippen LogP contribution in [0, 0.1) is 13.8 Å². The van der Waals surface area contributed by atoms with E-state index in [1.165, 1.54) is 24.2 Å². The van der Waals surface area contributed by atoms with Gasteiger partial charge in [0, 0.05) is 18.4 Å².